The summed E-state index contributed by atoms with van der Waals surface area (Å²) in [6.45, 7) is 0.309. The molecule has 0 fully saturated rings. The minimum Gasteiger partial charge on any atom is -0.431 e. The van der Waals surface area contributed by atoms with E-state index in [9.17, 15) is 21.6 Å². The molecule has 2 N–H and O–H groups in total. The van der Waals surface area contributed by atoms with Gasteiger partial charge in [-0.25, -0.2) is 16.8 Å². The molecule has 0 spiro atoms. The maximum absolute atomic E-state index is 13.0. The van der Waals surface area contributed by atoms with Crippen molar-refractivity contribution >= 4 is 48.2 Å². The molecule has 1 amide bonds. The lowest BCUT2D eigenvalue weighted by Gasteiger charge is -2.11. The number of amides is 1. The highest BCUT2D eigenvalue weighted by atomic mass is 35.5. The van der Waals surface area contributed by atoms with Crippen LogP contribution in [0.5, 0.6) is 0 Å². The second-order valence-corrected chi connectivity index (χ2v) is 13.2. The Morgan fingerprint density at radius 2 is 1.70 bits per heavy atom. The summed E-state index contributed by atoms with van der Waals surface area (Å²) in [5.41, 5.74) is 4.58. The van der Waals surface area contributed by atoms with Crippen molar-refractivity contribution < 1.29 is 30.5 Å². The third-order valence-corrected chi connectivity index (χ3v) is 8.99. The number of sulfone groups is 2. The van der Waals surface area contributed by atoms with Gasteiger partial charge in [-0.1, -0.05) is 54.1 Å². The van der Waals surface area contributed by atoms with E-state index in [0.717, 1.165) is 5.56 Å². The highest BCUT2D eigenvalue weighted by Gasteiger charge is 2.35. The monoisotopic (exact) mass is 604 g/mol. The number of halogens is 1. The van der Waals surface area contributed by atoms with Crippen LogP contribution in [0.25, 0.3) is 11.3 Å². The molecule has 4 aromatic rings. The molecule has 1 unspecified atom stereocenters. The highest BCUT2D eigenvalue weighted by Crippen LogP contribution is 2.25. The van der Waals surface area contributed by atoms with Gasteiger partial charge in [-0.05, 0) is 17.7 Å². The molecule has 0 saturated carbocycles. The number of anilines is 1. The van der Waals surface area contributed by atoms with Gasteiger partial charge < -0.3 is 14.3 Å². The lowest BCUT2D eigenvalue weighted by molar-refractivity contribution is -0.114. The summed E-state index contributed by atoms with van der Waals surface area (Å²) in [6.07, 6.45) is 1.30. The summed E-state index contributed by atoms with van der Waals surface area (Å²) < 4.78 is 61.6. The normalized spacial score (nSPS) is 15.4. The van der Waals surface area contributed by atoms with E-state index in [2.05, 4.69) is 31.0 Å². The molecule has 2 aromatic heterocycles. The summed E-state index contributed by atoms with van der Waals surface area (Å²) in [4.78, 5) is 16.4. The summed E-state index contributed by atoms with van der Waals surface area (Å²) in [7, 11) is -8.03. The topological polar surface area (TPSA) is 187 Å². The van der Waals surface area contributed by atoms with E-state index in [4.69, 9.17) is 20.4 Å². The van der Waals surface area contributed by atoms with E-state index < -0.39 is 48.8 Å². The fourth-order valence-corrected chi connectivity index (χ4v) is 6.57. The van der Waals surface area contributed by atoms with E-state index in [1.54, 1.807) is 48.5 Å². The highest BCUT2D eigenvalue weighted by molar-refractivity contribution is 8.05. The standard InChI is InChI=1S/C24H21ClN6O7S2/c25-17-8-6-16(7-9-17)19-11-37-24(27-19)28-20(32)12-39(33,34)13-21-29-30-22(38-21)14-40(35,36)23-18(10-26-31-23)15-4-2-1-3-5-15/h1-9,11,18,26H,10,12-14H2,(H,27,28,32). The Kier molecular flexibility index (Phi) is 7.69. The first kappa shape index (κ1) is 27.5. The molecule has 0 bridgehead atoms. The van der Waals surface area contributed by atoms with E-state index in [1.165, 1.54) is 6.26 Å². The second kappa shape index (κ2) is 11.2. The van der Waals surface area contributed by atoms with Gasteiger partial charge in [-0.2, -0.15) is 10.1 Å². The van der Waals surface area contributed by atoms with Crippen LogP contribution in [0.3, 0.4) is 0 Å². The van der Waals surface area contributed by atoms with E-state index in [0.29, 0.717) is 22.8 Å². The van der Waals surface area contributed by atoms with Gasteiger partial charge in [0.15, 0.2) is 14.9 Å². The second-order valence-electron chi connectivity index (χ2n) is 8.75. The fraction of sp³-hybridized carbons (Fsp3) is 0.208. The number of nitrogens with zero attached hydrogens (tertiary/aromatic N) is 4. The Labute approximate surface area is 233 Å². The molecule has 16 heteroatoms. The molecular formula is C24H21ClN6O7S2. The van der Waals surface area contributed by atoms with Gasteiger partial charge in [-0.15, -0.1) is 10.2 Å². The number of carbonyl (C=O) groups is 1. The Bertz CT molecular complexity index is 1770. The van der Waals surface area contributed by atoms with Gasteiger partial charge in [0.1, 0.15) is 29.2 Å². The summed E-state index contributed by atoms with van der Waals surface area (Å²) >= 11 is 5.87. The molecule has 40 heavy (non-hydrogen) atoms. The van der Waals surface area contributed by atoms with Crippen LogP contribution in [-0.4, -0.2) is 55.3 Å². The van der Waals surface area contributed by atoms with Crippen molar-refractivity contribution in [1.82, 2.24) is 20.6 Å². The molecular weight excluding hydrogens is 584 g/mol. The molecule has 0 saturated heterocycles. The van der Waals surface area contributed by atoms with Gasteiger partial charge in [0.05, 0.1) is 5.92 Å². The van der Waals surface area contributed by atoms with Crippen LogP contribution < -0.4 is 10.7 Å². The zero-order valence-corrected chi connectivity index (χ0v) is 22.9. The van der Waals surface area contributed by atoms with Crippen LogP contribution in [-0.2, 0) is 36.0 Å². The van der Waals surface area contributed by atoms with Crippen molar-refractivity contribution in [2.24, 2.45) is 5.10 Å². The lowest BCUT2D eigenvalue weighted by Crippen LogP contribution is -2.24. The van der Waals surface area contributed by atoms with Crippen molar-refractivity contribution in [3.63, 3.8) is 0 Å². The minimum atomic E-state index is -4.07. The summed E-state index contributed by atoms with van der Waals surface area (Å²) in [5, 5.41) is 14.0. The van der Waals surface area contributed by atoms with Gasteiger partial charge in [0, 0.05) is 17.1 Å². The number of hydrogen-bond donors (Lipinski definition) is 2. The first-order valence-corrected chi connectivity index (χ1v) is 15.5. The third kappa shape index (κ3) is 6.55. The van der Waals surface area contributed by atoms with E-state index in [1.807, 2.05) is 6.07 Å². The predicted molar refractivity (Wildman–Crippen MR) is 145 cm³/mol. The van der Waals surface area contributed by atoms with Crippen LogP contribution in [0.2, 0.25) is 5.02 Å². The van der Waals surface area contributed by atoms with Gasteiger partial charge in [0.25, 0.3) is 0 Å². The van der Waals surface area contributed by atoms with E-state index >= 15 is 0 Å². The number of aromatic nitrogens is 3. The average molecular weight is 605 g/mol. The number of oxazole rings is 1. The molecule has 13 nitrogen and oxygen atoms in total. The first-order chi connectivity index (χ1) is 19.1. The molecule has 1 aliphatic rings. The zero-order valence-electron chi connectivity index (χ0n) is 20.5. The fourth-order valence-electron chi connectivity index (χ4n) is 3.93. The maximum atomic E-state index is 13.0. The van der Waals surface area contributed by atoms with Gasteiger partial charge >= 0.3 is 6.01 Å². The quantitative estimate of drug-likeness (QED) is 0.286. The number of nitrogens with one attached hydrogen (secondary N) is 2. The number of hydrazone groups is 1. The van der Waals surface area contributed by atoms with Crippen LogP contribution >= 0.6 is 11.6 Å². The minimum absolute atomic E-state index is 0.0755. The van der Waals surface area contributed by atoms with Crippen molar-refractivity contribution in [3.05, 3.63) is 83.2 Å². The van der Waals surface area contributed by atoms with Crippen LogP contribution in [0.15, 0.2) is 74.8 Å². The Morgan fingerprint density at radius 3 is 2.42 bits per heavy atom. The largest absolute Gasteiger partial charge is 0.431 e. The molecule has 208 valence electrons. The molecule has 5 rings (SSSR count). The van der Waals surface area contributed by atoms with Gasteiger partial charge in [0.2, 0.25) is 27.5 Å². The number of rotatable bonds is 9. The van der Waals surface area contributed by atoms with Crippen molar-refractivity contribution in [2.45, 2.75) is 17.4 Å². The predicted octanol–water partition coefficient (Wildman–Crippen LogP) is 2.55. The lowest BCUT2D eigenvalue weighted by atomic mass is 10.0. The van der Waals surface area contributed by atoms with E-state index in [-0.39, 0.29) is 22.8 Å². The number of benzene rings is 2. The molecule has 0 aliphatic carbocycles. The smallest absolute Gasteiger partial charge is 0.301 e. The number of carbonyl (C=O) groups excluding carboxylic acids is 1. The average Bonchev–Trinajstić information content (AvgIpc) is 3.66. The number of hydrogen-bond acceptors (Lipinski definition) is 12. The molecule has 0 radical (unpaired) electrons. The van der Waals surface area contributed by atoms with Crippen molar-refractivity contribution in [2.75, 3.05) is 17.6 Å². The SMILES string of the molecule is O=C(CS(=O)(=O)Cc1nnc(CS(=O)(=O)C2=NNCC2c2ccccc2)o1)Nc1nc(-c2ccc(Cl)cc2)co1. The van der Waals surface area contributed by atoms with Gasteiger partial charge in [-0.3, -0.25) is 10.1 Å². The molecule has 3 heterocycles. The Morgan fingerprint density at radius 1 is 1.00 bits per heavy atom. The third-order valence-electron chi connectivity index (χ3n) is 5.71. The zero-order chi connectivity index (χ0) is 28.3. The van der Waals surface area contributed by atoms with Crippen LogP contribution in [0, 0.1) is 0 Å². The Hall–Kier alpha value is -4.08. The maximum Gasteiger partial charge on any atom is 0.301 e. The van der Waals surface area contributed by atoms with Crippen LogP contribution in [0.4, 0.5) is 6.01 Å². The van der Waals surface area contributed by atoms with Crippen LogP contribution in [0.1, 0.15) is 23.3 Å². The summed E-state index contributed by atoms with van der Waals surface area (Å²) in [5.74, 6) is -4.41. The molecule has 1 atom stereocenters. The molecule has 1 aliphatic heterocycles. The Balaban J connectivity index is 1.18. The first-order valence-electron chi connectivity index (χ1n) is 11.7. The van der Waals surface area contributed by atoms with Crippen molar-refractivity contribution in [3.8, 4) is 11.3 Å². The summed E-state index contributed by atoms with van der Waals surface area (Å²) in [6, 6.07) is 15.6. The van der Waals surface area contributed by atoms with Crippen molar-refractivity contribution in [1.29, 1.82) is 0 Å². The molecule has 2 aromatic carbocycles.